The monoisotopic (exact) mass is 303 g/mol. The van der Waals surface area contributed by atoms with Gasteiger partial charge in [0.15, 0.2) is 6.29 Å². The zero-order chi connectivity index (χ0) is 15.8. The first kappa shape index (κ1) is 16.6. The molecule has 0 aromatic heterocycles. The van der Waals surface area contributed by atoms with Crippen molar-refractivity contribution >= 4 is 0 Å². The largest absolute Gasteiger partial charge is 0.368 e. The molecule has 2 aromatic carbocycles. The van der Waals surface area contributed by atoms with Crippen molar-refractivity contribution in [2.45, 2.75) is 25.4 Å². The van der Waals surface area contributed by atoms with Gasteiger partial charge in [0.25, 0.3) is 0 Å². The van der Waals surface area contributed by atoms with Gasteiger partial charge in [0.1, 0.15) is 6.17 Å². The quantitative estimate of drug-likeness (QED) is 0.737. The van der Waals surface area contributed by atoms with E-state index in [1.165, 1.54) is 6.92 Å². The minimum Gasteiger partial charge on any atom is -0.368 e. The lowest BCUT2D eigenvalue weighted by Gasteiger charge is -2.21. The highest BCUT2D eigenvalue weighted by molar-refractivity contribution is 5.31. The predicted octanol–water partition coefficient (Wildman–Crippen LogP) is 3.06. The fourth-order valence-corrected chi connectivity index (χ4v) is 2.27. The van der Waals surface area contributed by atoms with Crippen molar-refractivity contribution in [1.82, 2.24) is 5.32 Å². The van der Waals surface area contributed by atoms with Crippen molar-refractivity contribution < 1.29 is 14.2 Å². The van der Waals surface area contributed by atoms with E-state index < -0.39 is 12.5 Å². The van der Waals surface area contributed by atoms with Crippen LogP contribution in [0.2, 0.25) is 0 Å². The van der Waals surface area contributed by atoms with E-state index in [0.717, 1.165) is 11.1 Å². The molecule has 2 atom stereocenters. The first-order valence-electron chi connectivity index (χ1n) is 7.44. The Balaban J connectivity index is 2.03. The van der Waals surface area contributed by atoms with Crippen LogP contribution in [0, 0.1) is 0 Å². The van der Waals surface area contributed by atoms with E-state index in [0.29, 0.717) is 0 Å². The third kappa shape index (κ3) is 5.22. The summed E-state index contributed by atoms with van der Waals surface area (Å²) in [6.45, 7) is 1.50. The van der Waals surface area contributed by atoms with Crippen molar-refractivity contribution in [1.29, 1.82) is 0 Å². The lowest BCUT2D eigenvalue weighted by atomic mass is 9.98. The first-order chi connectivity index (χ1) is 10.7. The average Bonchev–Trinajstić information content (AvgIpc) is 2.55. The second-order valence-corrected chi connectivity index (χ2v) is 5.19. The minimum atomic E-state index is -1.18. The second kappa shape index (κ2) is 8.63. The van der Waals surface area contributed by atoms with Crippen molar-refractivity contribution in [2.24, 2.45) is 0 Å². The van der Waals surface area contributed by atoms with Gasteiger partial charge >= 0.3 is 0 Å². The van der Waals surface area contributed by atoms with Gasteiger partial charge in [0.05, 0.1) is 12.6 Å². The van der Waals surface area contributed by atoms with Crippen LogP contribution in [0.1, 0.15) is 24.1 Å². The summed E-state index contributed by atoms with van der Waals surface area (Å²) in [5.41, 5.74) is 2.16. The summed E-state index contributed by atoms with van der Waals surface area (Å²) in [6.07, 6.45) is -2.12. The van der Waals surface area contributed by atoms with Crippen LogP contribution < -0.4 is 5.32 Å². The maximum Gasteiger partial charge on any atom is 0.151 e. The van der Waals surface area contributed by atoms with Crippen molar-refractivity contribution in [3.8, 4) is 0 Å². The molecule has 0 saturated carbocycles. The molecular formula is C18H22FNO2. The highest BCUT2D eigenvalue weighted by atomic mass is 19.1. The van der Waals surface area contributed by atoms with Gasteiger partial charge in [-0.15, -0.1) is 0 Å². The lowest BCUT2D eigenvalue weighted by Crippen LogP contribution is -2.32. The van der Waals surface area contributed by atoms with E-state index >= 15 is 0 Å². The Kier molecular flexibility index (Phi) is 6.52. The van der Waals surface area contributed by atoms with Crippen molar-refractivity contribution in [3.05, 3.63) is 71.8 Å². The number of ether oxygens (including phenoxy) is 1. The summed E-state index contributed by atoms with van der Waals surface area (Å²) in [6, 6.07) is 19.8. The summed E-state index contributed by atoms with van der Waals surface area (Å²) in [7, 11) is 0. The SMILES string of the molecule is CC(O)OCC(F)CNC(c1ccccc1)c1ccccc1. The van der Waals surface area contributed by atoms with Gasteiger partial charge in [0, 0.05) is 6.54 Å². The van der Waals surface area contributed by atoms with Crippen molar-refractivity contribution in [3.63, 3.8) is 0 Å². The molecule has 0 saturated heterocycles. The molecule has 0 spiro atoms. The summed E-state index contributed by atoms with van der Waals surface area (Å²) in [5.74, 6) is 0. The van der Waals surface area contributed by atoms with E-state index in [1.807, 2.05) is 60.7 Å². The van der Waals surface area contributed by atoms with E-state index in [2.05, 4.69) is 5.32 Å². The van der Waals surface area contributed by atoms with Crippen LogP contribution in [0.4, 0.5) is 4.39 Å². The van der Waals surface area contributed by atoms with Gasteiger partial charge in [-0.1, -0.05) is 60.7 Å². The van der Waals surface area contributed by atoms with Crippen LogP contribution in [-0.4, -0.2) is 30.7 Å². The van der Waals surface area contributed by atoms with E-state index in [-0.39, 0.29) is 19.2 Å². The first-order valence-corrected chi connectivity index (χ1v) is 7.44. The second-order valence-electron chi connectivity index (χ2n) is 5.19. The average molecular weight is 303 g/mol. The highest BCUT2D eigenvalue weighted by Crippen LogP contribution is 2.21. The number of rotatable bonds is 8. The van der Waals surface area contributed by atoms with Crippen molar-refractivity contribution in [2.75, 3.05) is 13.2 Å². The smallest absolute Gasteiger partial charge is 0.151 e. The molecule has 2 unspecified atom stereocenters. The van der Waals surface area contributed by atoms with Crippen LogP contribution in [0.15, 0.2) is 60.7 Å². The van der Waals surface area contributed by atoms with Gasteiger partial charge in [0.2, 0.25) is 0 Å². The fraction of sp³-hybridized carbons (Fsp3) is 0.333. The number of hydrogen-bond acceptors (Lipinski definition) is 3. The number of aliphatic hydroxyl groups excluding tert-OH is 1. The highest BCUT2D eigenvalue weighted by Gasteiger charge is 2.16. The Morgan fingerprint density at radius 3 is 1.95 bits per heavy atom. The molecule has 0 aliphatic rings. The molecule has 3 nitrogen and oxygen atoms in total. The van der Waals surface area contributed by atoms with Gasteiger partial charge in [-0.25, -0.2) is 4.39 Å². The number of nitrogens with one attached hydrogen (secondary N) is 1. The summed E-state index contributed by atoms with van der Waals surface area (Å²) in [4.78, 5) is 0. The Bertz CT molecular complexity index is 494. The number of alkyl halides is 1. The van der Waals surface area contributed by atoms with E-state index in [1.54, 1.807) is 0 Å². The molecule has 4 heteroatoms. The summed E-state index contributed by atoms with van der Waals surface area (Å²) in [5, 5.41) is 12.3. The van der Waals surface area contributed by atoms with E-state index in [4.69, 9.17) is 9.84 Å². The Morgan fingerprint density at radius 1 is 1.00 bits per heavy atom. The molecular weight excluding hydrogens is 281 g/mol. The summed E-state index contributed by atoms with van der Waals surface area (Å²) < 4.78 is 18.7. The zero-order valence-electron chi connectivity index (χ0n) is 12.7. The number of aliphatic hydroxyl groups is 1. The molecule has 0 aliphatic heterocycles. The van der Waals surface area contributed by atoms with Crippen LogP contribution in [-0.2, 0) is 4.74 Å². The molecule has 22 heavy (non-hydrogen) atoms. The van der Waals surface area contributed by atoms with Gasteiger partial charge in [-0.05, 0) is 18.1 Å². The maximum atomic E-state index is 13.9. The molecule has 0 radical (unpaired) electrons. The van der Waals surface area contributed by atoms with Crippen LogP contribution >= 0.6 is 0 Å². The molecule has 2 aromatic rings. The zero-order valence-corrected chi connectivity index (χ0v) is 12.7. The normalized spacial score (nSPS) is 14.0. The Labute approximate surface area is 130 Å². The summed E-state index contributed by atoms with van der Waals surface area (Å²) >= 11 is 0. The molecule has 0 heterocycles. The Morgan fingerprint density at radius 2 is 1.50 bits per heavy atom. The van der Waals surface area contributed by atoms with Crippen LogP contribution in [0.25, 0.3) is 0 Å². The molecule has 0 fully saturated rings. The van der Waals surface area contributed by atoms with E-state index in [9.17, 15) is 4.39 Å². The molecule has 0 bridgehead atoms. The molecule has 118 valence electrons. The third-order valence-electron chi connectivity index (χ3n) is 3.33. The van der Waals surface area contributed by atoms with Gasteiger partial charge in [-0.3, -0.25) is 0 Å². The number of halogens is 1. The van der Waals surface area contributed by atoms with Gasteiger partial charge in [-0.2, -0.15) is 0 Å². The van der Waals surface area contributed by atoms with Crippen LogP contribution in [0.5, 0.6) is 0 Å². The number of hydrogen-bond donors (Lipinski definition) is 2. The predicted molar refractivity (Wildman–Crippen MR) is 85.3 cm³/mol. The molecule has 2 rings (SSSR count). The van der Waals surface area contributed by atoms with Crippen LogP contribution in [0.3, 0.4) is 0 Å². The lowest BCUT2D eigenvalue weighted by molar-refractivity contribution is -0.0988. The standard InChI is InChI=1S/C18H22FNO2/c1-14(21)22-13-17(19)12-20-18(15-8-4-2-5-9-15)16-10-6-3-7-11-16/h2-11,14,17-18,20-21H,12-13H2,1H3. The number of benzene rings is 2. The Hall–Kier alpha value is -1.75. The third-order valence-corrected chi connectivity index (χ3v) is 3.33. The topological polar surface area (TPSA) is 41.5 Å². The van der Waals surface area contributed by atoms with Gasteiger partial charge < -0.3 is 15.2 Å². The molecule has 2 N–H and O–H groups in total. The maximum absolute atomic E-state index is 13.9. The molecule has 0 aliphatic carbocycles. The fourth-order valence-electron chi connectivity index (χ4n) is 2.27. The minimum absolute atomic E-state index is 0.0767. The molecule has 0 amide bonds.